The summed E-state index contributed by atoms with van der Waals surface area (Å²) in [5.74, 6) is 0.0293. The Kier molecular flexibility index (Phi) is 6.30. The molecule has 0 spiro atoms. The highest BCUT2D eigenvalue weighted by atomic mass is 127. The van der Waals surface area contributed by atoms with Crippen molar-refractivity contribution in [2.24, 2.45) is 0 Å². The molecular weight excluding hydrogens is 337 g/mol. The number of unbranched alkanes of at least 4 members (excludes halogenated alkanes) is 1. The minimum absolute atomic E-state index is 0.0245. The van der Waals surface area contributed by atoms with Crippen LogP contribution in [0.1, 0.15) is 30.1 Å². The summed E-state index contributed by atoms with van der Waals surface area (Å²) in [5.41, 5.74) is 0.735. The predicted octanol–water partition coefficient (Wildman–Crippen LogP) is 2.59. The Morgan fingerprint density at radius 3 is 2.81 bits per heavy atom. The molecule has 0 aliphatic carbocycles. The molecule has 1 aromatic heterocycles. The molecule has 1 aromatic rings. The van der Waals surface area contributed by atoms with Gasteiger partial charge in [0.1, 0.15) is 0 Å². The van der Waals surface area contributed by atoms with Gasteiger partial charge in [0, 0.05) is 18.5 Å². The molecule has 90 valence electrons. The molecule has 0 unspecified atom stereocenters. The van der Waals surface area contributed by atoms with E-state index in [0.717, 1.165) is 27.8 Å². The quantitative estimate of drug-likeness (QED) is 0.799. The van der Waals surface area contributed by atoms with Crippen molar-refractivity contribution in [2.45, 2.75) is 19.8 Å². The van der Waals surface area contributed by atoms with Crippen LogP contribution in [-0.2, 0) is 0 Å². The van der Waals surface area contributed by atoms with E-state index in [1.165, 1.54) is 0 Å². The number of halogens is 1. The molecule has 1 amide bonds. The molecule has 0 atom stereocenters. The standard InChI is InChI=1S/C11H16INO2S/c1-2-3-4-13(5-6-14)11(15)9-7-10(12)16-8-9/h7-8,14H,2-6H2,1H3. The van der Waals surface area contributed by atoms with Gasteiger partial charge >= 0.3 is 0 Å². The van der Waals surface area contributed by atoms with E-state index in [9.17, 15) is 4.79 Å². The Labute approximate surface area is 114 Å². The molecule has 0 fully saturated rings. The first-order valence-corrected chi connectivity index (χ1v) is 7.29. The summed E-state index contributed by atoms with van der Waals surface area (Å²) in [6, 6.07) is 1.89. The smallest absolute Gasteiger partial charge is 0.254 e. The maximum absolute atomic E-state index is 12.1. The molecule has 0 bridgehead atoms. The maximum Gasteiger partial charge on any atom is 0.254 e. The summed E-state index contributed by atoms with van der Waals surface area (Å²) in [6.07, 6.45) is 2.03. The molecular formula is C11H16INO2S. The van der Waals surface area contributed by atoms with Crippen LogP contribution in [-0.4, -0.2) is 35.6 Å². The summed E-state index contributed by atoms with van der Waals surface area (Å²) in [6.45, 7) is 3.26. The van der Waals surface area contributed by atoms with Gasteiger partial charge in [-0.2, -0.15) is 0 Å². The van der Waals surface area contributed by atoms with Crippen molar-refractivity contribution in [3.8, 4) is 0 Å². The van der Waals surface area contributed by atoms with E-state index in [-0.39, 0.29) is 12.5 Å². The lowest BCUT2D eigenvalue weighted by molar-refractivity contribution is 0.0720. The molecule has 1 N–H and O–H groups in total. The first-order chi connectivity index (χ1) is 7.69. The molecule has 0 aliphatic heterocycles. The fraction of sp³-hybridized carbons (Fsp3) is 0.545. The molecule has 1 rings (SSSR count). The lowest BCUT2D eigenvalue weighted by Gasteiger charge is -2.20. The predicted molar refractivity (Wildman–Crippen MR) is 74.9 cm³/mol. The number of aliphatic hydroxyl groups is 1. The topological polar surface area (TPSA) is 40.5 Å². The van der Waals surface area contributed by atoms with Gasteiger partial charge in [-0.05, 0) is 35.1 Å². The average Bonchev–Trinajstić information content (AvgIpc) is 2.70. The van der Waals surface area contributed by atoms with E-state index in [2.05, 4.69) is 29.5 Å². The Bertz CT molecular complexity index is 340. The molecule has 0 aromatic carbocycles. The van der Waals surface area contributed by atoms with Crippen LogP contribution in [0.5, 0.6) is 0 Å². The fourth-order valence-electron chi connectivity index (χ4n) is 1.39. The van der Waals surface area contributed by atoms with Gasteiger partial charge in [-0.3, -0.25) is 4.79 Å². The van der Waals surface area contributed by atoms with Gasteiger partial charge in [0.15, 0.2) is 0 Å². The Morgan fingerprint density at radius 1 is 1.56 bits per heavy atom. The first kappa shape index (κ1) is 13.9. The van der Waals surface area contributed by atoms with Crippen LogP contribution in [0, 0.1) is 2.88 Å². The molecule has 0 saturated carbocycles. The first-order valence-electron chi connectivity index (χ1n) is 5.33. The second-order valence-electron chi connectivity index (χ2n) is 3.51. The van der Waals surface area contributed by atoms with E-state index in [0.29, 0.717) is 6.54 Å². The van der Waals surface area contributed by atoms with Crippen molar-refractivity contribution in [2.75, 3.05) is 19.7 Å². The molecule has 1 heterocycles. The summed E-state index contributed by atoms with van der Waals surface area (Å²) in [4.78, 5) is 13.8. The van der Waals surface area contributed by atoms with Crippen molar-refractivity contribution < 1.29 is 9.90 Å². The summed E-state index contributed by atoms with van der Waals surface area (Å²) >= 11 is 3.77. The van der Waals surface area contributed by atoms with Gasteiger partial charge in [-0.25, -0.2) is 0 Å². The SMILES string of the molecule is CCCCN(CCO)C(=O)c1csc(I)c1. The number of carbonyl (C=O) groups is 1. The minimum atomic E-state index is 0.0245. The molecule has 0 saturated heterocycles. The number of carbonyl (C=O) groups excluding carboxylic acids is 1. The van der Waals surface area contributed by atoms with Gasteiger partial charge in [-0.1, -0.05) is 13.3 Å². The normalized spacial score (nSPS) is 10.4. The van der Waals surface area contributed by atoms with Crippen LogP contribution in [0.3, 0.4) is 0 Å². The van der Waals surface area contributed by atoms with Gasteiger partial charge in [0.05, 0.1) is 15.1 Å². The monoisotopic (exact) mass is 353 g/mol. The van der Waals surface area contributed by atoms with Crippen LogP contribution < -0.4 is 0 Å². The van der Waals surface area contributed by atoms with Crippen LogP contribution >= 0.6 is 33.9 Å². The second kappa shape index (κ2) is 7.24. The summed E-state index contributed by atoms with van der Waals surface area (Å²) in [5, 5.41) is 10.8. The Hall–Kier alpha value is -0.140. The van der Waals surface area contributed by atoms with Crippen molar-refractivity contribution in [3.63, 3.8) is 0 Å². The van der Waals surface area contributed by atoms with E-state index in [4.69, 9.17) is 5.11 Å². The van der Waals surface area contributed by atoms with E-state index >= 15 is 0 Å². The maximum atomic E-state index is 12.1. The average molecular weight is 353 g/mol. The number of hydrogen-bond acceptors (Lipinski definition) is 3. The van der Waals surface area contributed by atoms with E-state index < -0.39 is 0 Å². The van der Waals surface area contributed by atoms with Crippen molar-refractivity contribution >= 4 is 39.8 Å². The molecule has 0 radical (unpaired) electrons. The number of aliphatic hydroxyl groups excluding tert-OH is 1. The Morgan fingerprint density at radius 2 is 2.31 bits per heavy atom. The third-order valence-electron chi connectivity index (χ3n) is 2.25. The molecule has 3 nitrogen and oxygen atoms in total. The van der Waals surface area contributed by atoms with Crippen molar-refractivity contribution in [3.05, 3.63) is 19.9 Å². The van der Waals surface area contributed by atoms with Crippen molar-refractivity contribution in [1.29, 1.82) is 0 Å². The Balaban J connectivity index is 2.66. The van der Waals surface area contributed by atoms with Gasteiger partial charge in [0.25, 0.3) is 5.91 Å². The number of amides is 1. The lowest BCUT2D eigenvalue weighted by Crippen LogP contribution is -2.34. The number of thiophene rings is 1. The second-order valence-corrected chi connectivity index (χ2v) is 6.31. The number of rotatable bonds is 6. The van der Waals surface area contributed by atoms with Crippen LogP contribution in [0.25, 0.3) is 0 Å². The van der Waals surface area contributed by atoms with Crippen LogP contribution in [0.4, 0.5) is 0 Å². The summed E-state index contributed by atoms with van der Waals surface area (Å²) < 4.78 is 1.11. The number of hydrogen-bond donors (Lipinski definition) is 1. The zero-order chi connectivity index (χ0) is 12.0. The van der Waals surface area contributed by atoms with E-state index in [1.54, 1.807) is 16.2 Å². The molecule has 16 heavy (non-hydrogen) atoms. The zero-order valence-corrected chi connectivity index (χ0v) is 12.3. The third kappa shape index (κ3) is 4.03. The minimum Gasteiger partial charge on any atom is -0.395 e. The zero-order valence-electron chi connectivity index (χ0n) is 9.28. The molecule has 5 heteroatoms. The lowest BCUT2D eigenvalue weighted by atomic mass is 10.2. The highest BCUT2D eigenvalue weighted by Crippen LogP contribution is 2.18. The fourth-order valence-corrected chi connectivity index (χ4v) is 2.71. The highest BCUT2D eigenvalue weighted by Gasteiger charge is 2.15. The third-order valence-corrected chi connectivity index (χ3v) is 4.04. The van der Waals surface area contributed by atoms with Gasteiger partial charge in [-0.15, -0.1) is 11.3 Å². The van der Waals surface area contributed by atoms with Gasteiger partial charge in [0.2, 0.25) is 0 Å². The summed E-state index contributed by atoms with van der Waals surface area (Å²) in [7, 11) is 0. The van der Waals surface area contributed by atoms with Crippen LogP contribution in [0.15, 0.2) is 11.4 Å². The largest absolute Gasteiger partial charge is 0.395 e. The van der Waals surface area contributed by atoms with E-state index in [1.807, 2.05) is 11.4 Å². The van der Waals surface area contributed by atoms with Crippen molar-refractivity contribution in [1.82, 2.24) is 4.90 Å². The highest BCUT2D eigenvalue weighted by molar-refractivity contribution is 14.1. The van der Waals surface area contributed by atoms with Gasteiger partial charge < -0.3 is 10.0 Å². The van der Waals surface area contributed by atoms with Crippen LogP contribution in [0.2, 0.25) is 0 Å². The molecule has 0 aliphatic rings. The number of nitrogens with zero attached hydrogens (tertiary/aromatic N) is 1.